The molecule has 0 unspecified atom stereocenters. The van der Waals surface area contributed by atoms with Gasteiger partial charge in [0.1, 0.15) is 24.4 Å². The monoisotopic (exact) mass is 610 g/mol. The van der Waals surface area contributed by atoms with Crippen molar-refractivity contribution < 1.29 is 13.9 Å². The molecule has 5 nitrogen and oxygen atoms in total. The SMILES string of the molecule is NNC(=O)c1coc(COc2c(I)cc(I)cc2I)c1. The van der Waals surface area contributed by atoms with Crippen LogP contribution in [0.1, 0.15) is 16.1 Å². The lowest BCUT2D eigenvalue weighted by atomic mass is 10.3. The zero-order chi connectivity index (χ0) is 14.7. The number of hydrogen-bond acceptors (Lipinski definition) is 4. The number of hydrogen-bond donors (Lipinski definition) is 2. The average molecular weight is 610 g/mol. The Morgan fingerprint density at radius 2 is 1.90 bits per heavy atom. The molecule has 2 aromatic rings. The molecule has 3 N–H and O–H groups in total. The summed E-state index contributed by atoms with van der Waals surface area (Å²) in [4.78, 5) is 11.3. The van der Waals surface area contributed by atoms with E-state index >= 15 is 0 Å². The van der Waals surface area contributed by atoms with Gasteiger partial charge in [0, 0.05) is 3.57 Å². The lowest BCUT2D eigenvalue weighted by molar-refractivity contribution is 0.0953. The van der Waals surface area contributed by atoms with Crippen molar-refractivity contribution in [3.05, 3.63) is 46.5 Å². The van der Waals surface area contributed by atoms with E-state index in [9.17, 15) is 4.79 Å². The van der Waals surface area contributed by atoms with Gasteiger partial charge in [-0.05, 0) is 86.0 Å². The summed E-state index contributed by atoms with van der Waals surface area (Å²) in [5.41, 5.74) is 2.42. The van der Waals surface area contributed by atoms with E-state index in [0.29, 0.717) is 11.3 Å². The standard InChI is InChI=1S/C12H9I3N2O3/c13-7-2-9(14)11(10(15)3-7)20-5-8-1-6(4-19-8)12(18)17-16/h1-4H,5,16H2,(H,17,18). The Morgan fingerprint density at radius 1 is 1.25 bits per heavy atom. The molecule has 1 heterocycles. The van der Waals surface area contributed by atoms with Crippen LogP contribution in [0.4, 0.5) is 0 Å². The molecule has 0 radical (unpaired) electrons. The van der Waals surface area contributed by atoms with Gasteiger partial charge in [0.25, 0.3) is 5.91 Å². The number of furan rings is 1. The topological polar surface area (TPSA) is 77.5 Å². The van der Waals surface area contributed by atoms with E-state index in [2.05, 4.69) is 67.8 Å². The Labute approximate surface area is 156 Å². The smallest absolute Gasteiger partial charge is 0.268 e. The van der Waals surface area contributed by atoms with Crippen LogP contribution in [0, 0.1) is 10.7 Å². The number of amides is 1. The lowest BCUT2D eigenvalue weighted by Crippen LogP contribution is -2.29. The zero-order valence-electron chi connectivity index (χ0n) is 9.95. The molecule has 0 spiro atoms. The highest BCUT2D eigenvalue weighted by Gasteiger charge is 2.12. The number of nitrogen functional groups attached to an aromatic ring is 1. The number of rotatable bonds is 4. The first-order valence-corrected chi connectivity index (χ1v) is 8.60. The van der Waals surface area contributed by atoms with Crippen molar-refractivity contribution in [3.63, 3.8) is 0 Å². The highest BCUT2D eigenvalue weighted by Crippen LogP contribution is 2.30. The minimum absolute atomic E-state index is 0.254. The number of ether oxygens (including phenoxy) is 1. The maximum atomic E-state index is 11.3. The number of carbonyl (C=O) groups is 1. The minimum Gasteiger partial charge on any atom is -0.483 e. The van der Waals surface area contributed by atoms with Crippen molar-refractivity contribution in [2.75, 3.05) is 0 Å². The van der Waals surface area contributed by atoms with Crippen LogP contribution < -0.4 is 16.0 Å². The van der Waals surface area contributed by atoms with Gasteiger partial charge in [0.2, 0.25) is 0 Å². The summed E-state index contributed by atoms with van der Waals surface area (Å²) in [5, 5.41) is 0. The van der Waals surface area contributed by atoms with Crippen molar-refractivity contribution in [1.29, 1.82) is 0 Å². The van der Waals surface area contributed by atoms with E-state index < -0.39 is 5.91 Å². The zero-order valence-corrected chi connectivity index (χ0v) is 16.4. The molecule has 0 saturated carbocycles. The number of nitrogens with one attached hydrogen (secondary N) is 1. The van der Waals surface area contributed by atoms with Crippen LogP contribution in [-0.4, -0.2) is 5.91 Å². The molecule has 0 atom stereocenters. The van der Waals surface area contributed by atoms with Crippen LogP contribution >= 0.6 is 67.8 Å². The molecule has 1 amide bonds. The molecule has 1 aromatic carbocycles. The molecule has 0 bridgehead atoms. The lowest BCUT2D eigenvalue weighted by Gasteiger charge is -2.09. The van der Waals surface area contributed by atoms with Crippen molar-refractivity contribution in [2.24, 2.45) is 5.84 Å². The van der Waals surface area contributed by atoms with Crippen molar-refractivity contribution in [2.45, 2.75) is 6.61 Å². The molecule has 8 heteroatoms. The van der Waals surface area contributed by atoms with Crippen LogP contribution in [0.5, 0.6) is 5.75 Å². The third kappa shape index (κ3) is 3.98. The summed E-state index contributed by atoms with van der Waals surface area (Å²) in [5.74, 6) is 6.04. The third-order valence-corrected chi connectivity index (χ3v) is 4.59. The summed E-state index contributed by atoms with van der Waals surface area (Å²) in [7, 11) is 0. The maximum absolute atomic E-state index is 11.3. The van der Waals surface area contributed by atoms with Gasteiger partial charge in [-0.2, -0.15) is 0 Å². The summed E-state index contributed by atoms with van der Waals surface area (Å²) >= 11 is 6.72. The second-order valence-corrected chi connectivity index (χ2v) is 7.33. The van der Waals surface area contributed by atoms with Gasteiger partial charge in [-0.15, -0.1) is 0 Å². The normalized spacial score (nSPS) is 10.4. The highest BCUT2D eigenvalue weighted by molar-refractivity contribution is 14.1. The molecule has 106 valence electrons. The molecule has 0 aliphatic rings. The maximum Gasteiger partial charge on any atom is 0.268 e. The Hall–Kier alpha value is -0.0800. The molecular weight excluding hydrogens is 601 g/mol. The van der Waals surface area contributed by atoms with Gasteiger partial charge in [-0.3, -0.25) is 10.2 Å². The minimum atomic E-state index is -0.390. The van der Waals surface area contributed by atoms with Gasteiger partial charge in [0.15, 0.2) is 0 Å². The average Bonchev–Trinajstić information content (AvgIpc) is 2.85. The third-order valence-electron chi connectivity index (χ3n) is 2.37. The predicted molar refractivity (Wildman–Crippen MR) is 99.3 cm³/mol. The number of halogens is 3. The molecule has 0 saturated heterocycles. The van der Waals surface area contributed by atoms with E-state index in [1.165, 1.54) is 6.26 Å². The summed E-state index contributed by atoms with van der Waals surface area (Å²) in [6, 6.07) is 5.68. The number of hydrazine groups is 1. The van der Waals surface area contributed by atoms with Crippen LogP contribution in [0.15, 0.2) is 28.9 Å². The molecule has 0 aliphatic carbocycles. The van der Waals surface area contributed by atoms with E-state index in [-0.39, 0.29) is 6.61 Å². The second-order valence-electron chi connectivity index (χ2n) is 3.76. The Kier molecular flexibility index (Phi) is 5.92. The first kappa shape index (κ1) is 16.3. The van der Waals surface area contributed by atoms with E-state index in [0.717, 1.165) is 16.5 Å². The van der Waals surface area contributed by atoms with E-state index in [4.69, 9.17) is 15.0 Å². The number of carbonyl (C=O) groups excluding carboxylic acids is 1. The Morgan fingerprint density at radius 3 is 2.50 bits per heavy atom. The second kappa shape index (κ2) is 7.26. The van der Waals surface area contributed by atoms with Crippen LogP contribution in [0.2, 0.25) is 0 Å². The number of benzene rings is 1. The largest absolute Gasteiger partial charge is 0.483 e. The Balaban J connectivity index is 2.09. The first-order valence-electron chi connectivity index (χ1n) is 5.37. The highest BCUT2D eigenvalue weighted by atomic mass is 127. The van der Waals surface area contributed by atoms with Crippen LogP contribution in [-0.2, 0) is 6.61 Å². The fourth-order valence-corrected chi connectivity index (χ4v) is 5.36. The van der Waals surface area contributed by atoms with Gasteiger partial charge in [0.05, 0.1) is 12.7 Å². The van der Waals surface area contributed by atoms with Gasteiger partial charge >= 0.3 is 0 Å². The number of nitrogens with two attached hydrogens (primary N) is 1. The molecule has 20 heavy (non-hydrogen) atoms. The molecular formula is C12H9I3N2O3. The first-order chi connectivity index (χ1) is 9.51. The summed E-state index contributed by atoms with van der Waals surface area (Å²) < 4.78 is 14.2. The van der Waals surface area contributed by atoms with Crippen molar-refractivity contribution >= 4 is 73.7 Å². The molecule has 2 rings (SSSR count). The quantitative estimate of drug-likeness (QED) is 0.242. The Bertz CT molecular complexity index is 620. The van der Waals surface area contributed by atoms with Crippen molar-refractivity contribution in [3.8, 4) is 5.75 Å². The summed E-state index contributed by atoms with van der Waals surface area (Å²) in [6.07, 6.45) is 1.35. The van der Waals surface area contributed by atoms with E-state index in [1.807, 2.05) is 17.6 Å². The van der Waals surface area contributed by atoms with Crippen LogP contribution in [0.3, 0.4) is 0 Å². The van der Waals surface area contributed by atoms with Gasteiger partial charge in [-0.25, -0.2) is 5.84 Å². The van der Waals surface area contributed by atoms with Crippen LogP contribution in [0.25, 0.3) is 0 Å². The molecule has 1 aromatic heterocycles. The molecule has 0 fully saturated rings. The van der Waals surface area contributed by atoms with E-state index in [1.54, 1.807) is 6.07 Å². The fraction of sp³-hybridized carbons (Fsp3) is 0.0833. The fourth-order valence-electron chi connectivity index (χ4n) is 1.47. The predicted octanol–water partition coefficient (Wildman–Crippen LogP) is 3.28. The van der Waals surface area contributed by atoms with Crippen molar-refractivity contribution in [1.82, 2.24) is 5.43 Å². The summed E-state index contributed by atoms with van der Waals surface area (Å²) in [6.45, 7) is 0.254. The van der Waals surface area contributed by atoms with Gasteiger partial charge in [-0.1, -0.05) is 0 Å². The molecule has 0 aliphatic heterocycles. The van der Waals surface area contributed by atoms with Gasteiger partial charge < -0.3 is 9.15 Å².